The van der Waals surface area contributed by atoms with Gasteiger partial charge in [0.05, 0.1) is 13.0 Å². The summed E-state index contributed by atoms with van der Waals surface area (Å²) in [7, 11) is 1.44. The lowest BCUT2D eigenvalue weighted by Crippen LogP contribution is -2.18. The van der Waals surface area contributed by atoms with Gasteiger partial charge in [-0.1, -0.05) is 19.1 Å². The lowest BCUT2D eigenvalue weighted by Gasteiger charge is -2.11. The van der Waals surface area contributed by atoms with Gasteiger partial charge in [-0.2, -0.15) is 0 Å². The van der Waals surface area contributed by atoms with Gasteiger partial charge >= 0.3 is 5.97 Å². The first-order valence-corrected chi connectivity index (χ1v) is 3.50. The lowest BCUT2D eigenvalue weighted by atomic mass is 9.98. The molecule has 0 saturated carbocycles. The van der Waals surface area contributed by atoms with Gasteiger partial charge in [-0.3, -0.25) is 4.79 Å². The fraction of sp³-hybridized carbons (Fsp3) is 0.625. The Kier molecular flexibility index (Phi) is 2.10. The van der Waals surface area contributed by atoms with Gasteiger partial charge in [0.15, 0.2) is 0 Å². The van der Waals surface area contributed by atoms with E-state index in [1.807, 2.05) is 13.0 Å². The van der Waals surface area contributed by atoms with E-state index in [1.165, 1.54) is 7.11 Å². The van der Waals surface area contributed by atoms with E-state index in [0.29, 0.717) is 5.92 Å². The summed E-state index contributed by atoms with van der Waals surface area (Å²) in [6, 6.07) is 0. The maximum absolute atomic E-state index is 11.0. The summed E-state index contributed by atoms with van der Waals surface area (Å²) in [6.07, 6.45) is 4.93. The maximum Gasteiger partial charge on any atom is 0.309 e. The number of hydrogen-bond donors (Lipinski definition) is 0. The van der Waals surface area contributed by atoms with E-state index in [0.717, 1.165) is 6.42 Å². The maximum atomic E-state index is 11.0. The summed E-state index contributed by atoms with van der Waals surface area (Å²) < 4.78 is 4.63. The van der Waals surface area contributed by atoms with E-state index < -0.39 is 0 Å². The quantitative estimate of drug-likeness (QED) is 0.406. The molecule has 0 aromatic carbocycles. The molecule has 2 nitrogen and oxygen atoms in total. The molecule has 0 unspecified atom stereocenters. The summed E-state index contributed by atoms with van der Waals surface area (Å²) in [5, 5.41) is 0. The van der Waals surface area contributed by atoms with Crippen molar-refractivity contribution in [1.29, 1.82) is 0 Å². The molecule has 0 N–H and O–H groups in total. The minimum absolute atomic E-state index is 0.0741. The molecule has 1 rings (SSSR count). The molecule has 0 aromatic rings. The topological polar surface area (TPSA) is 26.3 Å². The first-order chi connectivity index (χ1) is 4.75. The Balaban J connectivity index is 2.51. The molecule has 1 aliphatic carbocycles. The zero-order chi connectivity index (χ0) is 7.56. The second-order valence-corrected chi connectivity index (χ2v) is 2.65. The lowest BCUT2D eigenvalue weighted by molar-refractivity contribution is -0.146. The minimum Gasteiger partial charge on any atom is -0.469 e. The van der Waals surface area contributed by atoms with E-state index in [4.69, 9.17) is 0 Å². The van der Waals surface area contributed by atoms with Gasteiger partial charge in [0, 0.05) is 0 Å². The number of esters is 1. The smallest absolute Gasteiger partial charge is 0.309 e. The van der Waals surface area contributed by atoms with Crippen molar-refractivity contribution >= 4 is 5.97 Å². The Morgan fingerprint density at radius 2 is 2.40 bits per heavy atom. The highest BCUT2D eigenvalue weighted by Gasteiger charge is 2.26. The van der Waals surface area contributed by atoms with Crippen molar-refractivity contribution in [1.82, 2.24) is 0 Å². The summed E-state index contributed by atoms with van der Waals surface area (Å²) in [4.78, 5) is 11.0. The first-order valence-electron chi connectivity index (χ1n) is 3.50. The second-order valence-electron chi connectivity index (χ2n) is 2.65. The second kappa shape index (κ2) is 2.86. The molecule has 0 radical (unpaired) electrons. The molecule has 0 aliphatic heterocycles. The van der Waals surface area contributed by atoms with E-state index in [9.17, 15) is 4.79 Å². The largest absolute Gasteiger partial charge is 0.469 e. The van der Waals surface area contributed by atoms with Crippen molar-refractivity contribution in [2.24, 2.45) is 11.8 Å². The molecule has 0 amide bonds. The number of carbonyl (C=O) groups is 1. The molecular formula is C8H12O2. The van der Waals surface area contributed by atoms with Crippen molar-refractivity contribution in [3.05, 3.63) is 12.2 Å². The van der Waals surface area contributed by atoms with Crippen LogP contribution in [0.1, 0.15) is 13.3 Å². The molecule has 2 atom stereocenters. The predicted molar refractivity (Wildman–Crippen MR) is 38.4 cm³/mol. The van der Waals surface area contributed by atoms with Gasteiger partial charge in [-0.05, 0) is 12.3 Å². The Hall–Kier alpha value is -0.790. The molecule has 0 bridgehead atoms. The predicted octanol–water partition coefficient (Wildman–Crippen LogP) is 1.37. The van der Waals surface area contributed by atoms with Gasteiger partial charge in [0.25, 0.3) is 0 Å². The zero-order valence-corrected chi connectivity index (χ0v) is 6.33. The van der Waals surface area contributed by atoms with E-state index in [1.54, 1.807) is 0 Å². The van der Waals surface area contributed by atoms with E-state index in [-0.39, 0.29) is 11.9 Å². The van der Waals surface area contributed by atoms with Crippen LogP contribution in [-0.2, 0) is 9.53 Å². The van der Waals surface area contributed by atoms with Crippen LogP contribution < -0.4 is 0 Å². The number of rotatable bonds is 1. The average Bonchev–Trinajstić information content (AvgIpc) is 2.34. The highest BCUT2D eigenvalue weighted by atomic mass is 16.5. The van der Waals surface area contributed by atoms with Crippen LogP contribution in [0.3, 0.4) is 0 Å². The Labute approximate surface area is 60.9 Å². The molecule has 56 valence electrons. The van der Waals surface area contributed by atoms with Gasteiger partial charge in [0.2, 0.25) is 0 Å². The van der Waals surface area contributed by atoms with Crippen molar-refractivity contribution in [2.75, 3.05) is 7.11 Å². The molecule has 2 heteroatoms. The number of hydrogen-bond acceptors (Lipinski definition) is 2. The van der Waals surface area contributed by atoms with Crippen LogP contribution in [0.4, 0.5) is 0 Å². The summed E-state index contributed by atoms with van der Waals surface area (Å²) in [5.41, 5.74) is 0. The molecule has 10 heavy (non-hydrogen) atoms. The van der Waals surface area contributed by atoms with Crippen LogP contribution in [0.15, 0.2) is 12.2 Å². The SMILES string of the molecule is COC(=O)[C@@H]1CC=C[C@H]1C. The minimum atomic E-state index is -0.0856. The monoisotopic (exact) mass is 140 g/mol. The molecule has 0 aromatic heterocycles. The van der Waals surface area contributed by atoms with E-state index >= 15 is 0 Å². The molecule has 0 saturated heterocycles. The van der Waals surface area contributed by atoms with Crippen LogP contribution >= 0.6 is 0 Å². The summed E-state index contributed by atoms with van der Waals surface area (Å²) in [6.45, 7) is 2.03. The molecule has 0 fully saturated rings. The van der Waals surface area contributed by atoms with Gasteiger partial charge in [0.1, 0.15) is 0 Å². The zero-order valence-electron chi connectivity index (χ0n) is 6.33. The fourth-order valence-electron chi connectivity index (χ4n) is 1.25. The van der Waals surface area contributed by atoms with Crippen LogP contribution in [0.25, 0.3) is 0 Å². The van der Waals surface area contributed by atoms with Crippen LogP contribution in [0.2, 0.25) is 0 Å². The third-order valence-electron chi connectivity index (χ3n) is 1.97. The van der Waals surface area contributed by atoms with Crippen molar-refractivity contribution in [3.8, 4) is 0 Å². The van der Waals surface area contributed by atoms with Gasteiger partial charge in [-0.15, -0.1) is 0 Å². The van der Waals surface area contributed by atoms with Crippen LogP contribution in [0.5, 0.6) is 0 Å². The Morgan fingerprint density at radius 3 is 2.80 bits per heavy atom. The average molecular weight is 140 g/mol. The Bertz CT molecular complexity index is 161. The van der Waals surface area contributed by atoms with Crippen molar-refractivity contribution in [3.63, 3.8) is 0 Å². The number of ether oxygens (including phenoxy) is 1. The standard InChI is InChI=1S/C8H12O2/c1-6-4-3-5-7(6)8(9)10-2/h3-4,6-7H,5H2,1-2H3/t6-,7-/m1/s1. The number of methoxy groups -OCH3 is 1. The molecule has 0 heterocycles. The van der Waals surface area contributed by atoms with E-state index in [2.05, 4.69) is 10.8 Å². The normalized spacial score (nSPS) is 30.6. The highest BCUT2D eigenvalue weighted by molar-refractivity contribution is 5.73. The Morgan fingerprint density at radius 1 is 1.70 bits per heavy atom. The molecule has 1 aliphatic rings. The first kappa shape index (κ1) is 7.32. The third-order valence-corrected chi connectivity index (χ3v) is 1.97. The number of carbonyl (C=O) groups excluding carboxylic acids is 1. The summed E-state index contributed by atoms with van der Waals surface area (Å²) >= 11 is 0. The van der Waals surface area contributed by atoms with Crippen LogP contribution in [0, 0.1) is 11.8 Å². The highest BCUT2D eigenvalue weighted by Crippen LogP contribution is 2.25. The molecule has 0 spiro atoms. The van der Waals surface area contributed by atoms with Crippen molar-refractivity contribution < 1.29 is 9.53 Å². The third kappa shape index (κ3) is 1.20. The fourth-order valence-corrected chi connectivity index (χ4v) is 1.25. The summed E-state index contributed by atoms with van der Waals surface area (Å²) in [5.74, 6) is 0.343. The van der Waals surface area contributed by atoms with Gasteiger partial charge < -0.3 is 4.74 Å². The van der Waals surface area contributed by atoms with Gasteiger partial charge in [-0.25, -0.2) is 0 Å². The van der Waals surface area contributed by atoms with Crippen molar-refractivity contribution in [2.45, 2.75) is 13.3 Å². The van der Waals surface area contributed by atoms with Crippen LogP contribution in [-0.4, -0.2) is 13.1 Å². The number of allylic oxidation sites excluding steroid dienone is 2. The molecular weight excluding hydrogens is 128 g/mol.